The summed E-state index contributed by atoms with van der Waals surface area (Å²) in [4.78, 5) is 11.0. The van der Waals surface area contributed by atoms with Crippen molar-refractivity contribution in [1.82, 2.24) is 0 Å². The molecule has 0 bridgehead atoms. The van der Waals surface area contributed by atoms with Gasteiger partial charge >= 0.3 is 0 Å². The predicted octanol–water partition coefficient (Wildman–Crippen LogP) is 5.01. The van der Waals surface area contributed by atoms with E-state index in [1.165, 1.54) is 0 Å². The van der Waals surface area contributed by atoms with Crippen LogP contribution in [-0.2, 0) is 0 Å². The van der Waals surface area contributed by atoms with Crippen LogP contribution >= 0.6 is 0 Å². The zero-order chi connectivity index (χ0) is 16.5. The molecule has 0 unspecified atom stereocenters. The van der Waals surface area contributed by atoms with Crippen molar-refractivity contribution in [2.45, 2.75) is 52.7 Å². The minimum absolute atomic E-state index is 0.282. The van der Waals surface area contributed by atoms with Gasteiger partial charge in [-0.2, -0.15) is 0 Å². The molecular weight excluding hydrogens is 276 g/mol. The molecule has 2 aromatic rings. The molecule has 0 fully saturated rings. The first-order chi connectivity index (χ1) is 10.1. The second kappa shape index (κ2) is 5.64. The van der Waals surface area contributed by atoms with Crippen LogP contribution in [0.1, 0.15) is 51.9 Å². The van der Waals surface area contributed by atoms with Crippen LogP contribution in [0.3, 0.4) is 0 Å². The molecule has 0 saturated carbocycles. The average molecular weight is 300 g/mol. The van der Waals surface area contributed by atoms with Crippen molar-refractivity contribution in [1.29, 1.82) is 0 Å². The number of carbonyl (C=O) groups is 1. The molecule has 0 amide bonds. The largest absolute Gasteiger partial charge is 0.488 e. The molecule has 22 heavy (non-hydrogen) atoms. The number of rotatable bonds is 3. The first-order valence-electron chi connectivity index (χ1n) is 7.48. The first kappa shape index (κ1) is 16.3. The van der Waals surface area contributed by atoms with Gasteiger partial charge in [-0.05, 0) is 59.1 Å². The van der Waals surface area contributed by atoms with Gasteiger partial charge in [0.25, 0.3) is 0 Å². The summed E-state index contributed by atoms with van der Waals surface area (Å²) in [6.45, 7) is 12.0. The zero-order valence-electron chi connectivity index (χ0n) is 14.2. The smallest absolute Gasteiger partial charge is 0.150 e. The Hall–Kier alpha value is -2.03. The average Bonchev–Trinajstić information content (AvgIpc) is 2.34. The maximum absolute atomic E-state index is 11.0. The van der Waals surface area contributed by atoms with Crippen molar-refractivity contribution < 1.29 is 14.3 Å². The lowest BCUT2D eigenvalue weighted by molar-refractivity contribution is 0.112. The number of fused-ring (bicyclic) bond motifs is 1. The number of benzene rings is 2. The van der Waals surface area contributed by atoms with Gasteiger partial charge < -0.3 is 9.47 Å². The minimum atomic E-state index is -0.329. The Morgan fingerprint density at radius 1 is 0.864 bits per heavy atom. The topological polar surface area (TPSA) is 35.5 Å². The molecule has 0 spiro atoms. The van der Waals surface area contributed by atoms with Gasteiger partial charge in [0.1, 0.15) is 29.0 Å². The van der Waals surface area contributed by atoms with Crippen molar-refractivity contribution in [3.8, 4) is 11.5 Å². The molecule has 0 N–H and O–H groups in total. The van der Waals surface area contributed by atoms with Crippen molar-refractivity contribution in [3.63, 3.8) is 0 Å². The third-order valence-electron chi connectivity index (χ3n) is 2.89. The van der Waals surface area contributed by atoms with Crippen LogP contribution in [0, 0.1) is 0 Å². The van der Waals surface area contributed by atoms with E-state index in [0.29, 0.717) is 5.56 Å². The highest BCUT2D eigenvalue weighted by molar-refractivity contribution is 5.94. The van der Waals surface area contributed by atoms with E-state index in [9.17, 15) is 4.79 Å². The number of hydrogen-bond acceptors (Lipinski definition) is 3. The lowest BCUT2D eigenvalue weighted by Crippen LogP contribution is -2.24. The lowest BCUT2D eigenvalue weighted by Gasteiger charge is -2.25. The number of ether oxygens (including phenoxy) is 2. The van der Waals surface area contributed by atoms with Crippen LogP contribution < -0.4 is 9.47 Å². The Bertz CT molecular complexity index is 688. The number of aldehydes is 1. The Morgan fingerprint density at radius 2 is 1.50 bits per heavy atom. The standard InChI is InChI=1S/C19H24O3/c1-18(2,3)21-15-10-14-8-7-13(12-20)9-16(14)17(11-15)22-19(4,5)6/h7-12H,1-6H3. The third kappa shape index (κ3) is 4.23. The van der Waals surface area contributed by atoms with Gasteiger partial charge in [0.15, 0.2) is 0 Å². The third-order valence-corrected chi connectivity index (χ3v) is 2.89. The summed E-state index contributed by atoms with van der Waals surface area (Å²) in [6, 6.07) is 9.45. The summed E-state index contributed by atoms with van der Waals surface area (Å²) in [5, 5.41) is 1.91. The van der Waals surface area contributed by atoms with Gasteiger partial charge in [-0.1, -0.05) is 12.1 Å². The van der Waals surface area contributed by atoms with E-state index in [2.05, 4.69) is 0 Å². The summed E-state index contributed by atoms with van der Waals surface area (Å²) >= 11 is 0. The first-order valence-corrected chi connectivity index (χ1v) is 7.48. The lowest BCUT2D eigenvalue weighted by atomic mass is 10.0. The molecule has 0 atom stereocenters. The molecule has 2 aromatic carbocycles. The Labute approximate surface area is 132 Å². The van der Waals surface area contributed by atoms with Gasteiger partial charge in [-0.25, -0.2) is 0 Å². The van der Waals surface area contributed by atoms with E-state index in [1.54, 1.807) is 6.07 Å². The Morgan fingerprint density at radius 3 is 2.05 bits per heavy atom. The van der Waals surface area contributed by atoms with E-state index < -0.39 is 0 Å². The maximum atomic E-state index is 11.0. The van der Waals surface area contributed by atoms with Crippen LogP contribution in [0.5, 0.6) is 11.5 Å². The monoisotopic (exact) mass is 300 g/mol. The Kier molecular flexibility index (Phi) is 4.19. The molecule has 0 saturated heterocycles. The van der Waals surface area contributed by atoms with Crippen LogP contribution in [-0.4, -0.2) is 17.5 Å². The van der Waals surface area contributed by atoms with Crippen LogP contribution in [0.4, 0.5) is 0 Å². The molecule has 0 radical (unpaired) electrons. The molecule has 0 aromatic heterocycles. The van der Waals surface area contributed by atoms with Crippen molar-refractivity contribution >= 4 is 17.1 Å². The van der Waals surface area contributed by atoms with Crippen LogP contribution in [0.2, 0.25) is 0 Å². The van der Waals surface area contributed by atoms with Gasteiger partial charge in [0.05, 0.1) is 0 Å². The van der Waals surface area contributed by atoms with E-state index in [-0.39, 0.29) is 11.2 Å². The summed E-state index contributed by atoms with van der Waals surface area (Å²) in [5.74, 6) is 1.49. The highest BCUT2D eigenvalue weighted by Gasteiger charge is 2.18. The summed E-state index contributed by atoms with van der Waals surface area (Å²) < 4.78 is 12.0. The Balaban J connectivity index is 2.60. The fraction of sp³-hybridized carbons (Fsp3) is 0.421. The van der Waals surface area contributed by atoms with Gasteiger partial charge in [-0.15, -0.1) is 0 Å². The zero-order valence-corrected chi connectivity index (χ0v) is 14.2. The van der Waals surface area contributed by atoms with E-state index in [4.69, 9.17) is 9.47 Å². The fourth-order valence-corrected chi connectivity index (χ4v) is 2.22. The summed E-state index contributed by atoms with van der Waals surface area (Å²) in [7, 11) is 0. The SMILES string of the molecule is CC(C)(C)Oc1cc(OC(C)(C)C)c2cc(C=O)ccc2c1. The van der Waals surface area contributed by atoms with Crippen molar-refractivity contribution in [2.75, 3.05) is 0 Å². The highest BCUT2D eigenvalue weighted by Crippen LogP contribution is 2.35. The second-order valence-corrected chi connectivity index (χ2v) is 7.45. The van der Waals surface area contributed by atoms with Crippen molar-refractivity contribution in [2.24, 2.45) is 0 Å². The maximum Gasteiger partial charge on any atom is 0.150 e. The molecule has 3 heteroatoms. The minimum Gasteiger partial charge on any atom is -0.488 e. The quantitative estimate of drug-likeness (QED) is 0.748. The molecule has 0 aliphatic rings. The second-order valence-electron chi connectivity index (χ2n) is 7.45. The van der Waals surface area contributed by atoms with Crippen LogP contribution in [0.25, 0.3) is 10.8 Å². The van der Waals surface area contributed by atoms with E-state index in [0.717, 1.165) is 28.6 Å². The van der Waals surface area contributed by atoms with Crippen molar-refractivity contribution in [3.05, 3.63) is 35.9 Å². The van der Waals surface area contributed by atoms with E-state index >= 15 is 0 Å². The molecule has 0 aliphatic heterocycles. The molecule has 2 rings (SSSR count). The summed E-state index contributed by atoms with van der Waals surface area (Å²) in [5.41, 5.74) is 0.0237. The molecule has 118 valence electrons. The normalized spacial score (nSPS) is 12.3. The fourth-order valence-electron chi connectivity index (χ4n) is 2.22. The highest BCUT2D eigenvalue weighted by atomic mass is 16.5. The van der Waals surface area contributed by atoms with Gasteiger partial charge in [0, 0.05) is 17.0 Å². The molecular formula is C19H24O3. The molecule has 3 nitrogen and oxygen atoms in total. The molecule has 0 aliphatic carbocycles. The molecule has 0 heterocycles. The number of carbonyl (C=O) groups excluding carboxylic acids is 1. The predicted molar refractivity (Wildman–Crippen MR) is 90.1 cm³/mol. The van der Waals surface area contributed by atoms with Crippen LogP contribution in [0.15, 0.2) is 30.3 Å². The summed E-state index contributed by atoms with van der Waals surface area (Å²) in [6.07, 6.45) is 0.847. The van der Waals surface area contributed by atoms with Gasteiger partial charge in [-0.3, -0.25) is 4.79 Å². The number of hydrogen-bond donors (Lipinski definition) is 0. The van der Waals surface area contributed by atoms with E-state index in [1.807, 2.05) is 65.8 Å². The van der Waals surface area contributed by atoms with Gasteiger partial charge in [0.2, 0.25) is 0 Å².